The van der Waals surface area contributed by atoms with Crippen molar-refractivity contribution in [3.05, 3.63) is 30.0 Å². The molecule has 4 nitrogen and oxygen atoms in total. The lowest BCUT2D eigenvalue weighted by atomic mass is 10.0. The summed E-state index contributed by atoms with van der Waals surface area (Å²) in [7, 11) is 0. The van der Waals surface area contributed by atoms with Gasteiger partial charge in [-0.3, -0.25) is 0 Å². The van der Waals surface area contributed by atoms with E-state index in [1.807, 2.05) is 24.3 Å². The molecule has 0 amide bonds. The number of hydrogen-bond acceptors (Lipinski definition) is 4. The van der Waals surface area contributed by atoms with Crippen molar-refractivity contribution >= 4 is 5.82 Å². The molecule has 3 rings (SSSR count). The fraction of sp³-hybridized carbons (Fsp3) is 0.471. The second kappa shape index (κ2) is 5.80. The number of aromatic nitrogens is 1. The molecule has 0 aliphatic heterocycles. The predicted molar refractivity (Wildman–Crippen MR) is 83.1 cm³/mol. The molecule has 2 aromatic rings. The first-order valence-corrected chi connectivity index (χ1v) is 7.60. The van der Waals surface area contributed by atoms with Gasteiger partial charge < -0.3 is 15.0 Å². The number of nitrogens with zero attached hydrogens (tertiary/aromatic N) is 1. The van der Waals surface area contributed by atoms with Gasteiger partial charge in [0.05, 0.1) is 12.2 Å². The lowest BCUT2D eigenvalue weighted by molar-refractivity contribution is 0.271. The second-order valence-electron chi connectivity index (χ2n) is 6.24. The average Bonchev–Trinajstić information content (AvgIpc) is 3.20. The van der Waals surface area contributed by atoms with Gasteiger partial charge in [-0.2, -0.15) is 0 Å². The topological polar surface area (TPSA) is 61.3 Å². The fourth-order valence-electron chi connectivity index (χ4n) is 2.35. The molecular formula is C17H22N2O2. The number of ether oxygens (including phenoxy) is 1. The van der Waals surface area contributed by atoms with E-state index in [1.165, 1.54) is 12.8 Å². The van der Waals surface area contributed by atoms with Crippen LogP contribution < -0.4 is 10.5 Å². The lowest BCUT2D eigenvalue weighted by Crippen LogP contribution is -2.04. The first kappa shape index (κ1) is 14.0. The normalized spacial score (nSPS) is 14.6. The molecule has 0 unspecified atom stereocenters. The highest BCUT2D eigenvalue weighted by molar-refractivity contribution is 5.75. The highest BCUT2D eigenvalue weighted by atomic mass is 16.5. The molecular weight excluding hydrogens is 264 g/mol. The Hall–Kier alpha value is -1.97. The van der Waals surface area contributed by atoms with E-state index in [0.29, 0.717) is 11.7 Å². The van der Waals surface area contributed by atoms with Crippen molar-refractivity contribution in [2.24, 2.45) is 11.8 Å². The maximum absolute atomic E-state index is 5.97. The molecule has 1 heterocycles. The molecule has 1 aromatic carbocycles. The summed E-state index contributed by atoms with van der Waals surface area (Å²) in [5.74, 6) is 3.52. The monoisotopic (exact) mass is 286 g/mol. The third-order valence-corrected chi connectivity index (χ3v) is 3.69. The van der Waals surface area contributed by atoms with Gasteiger partial charge in [-0.25, -0.2) is 0 Å². The molecule has 1 fully saturated rings. The molecule has 0 spiro atoms. The van der Waals surface area contributed by atoms with Crippen LogP contribution in [0.2, 0.25) is 0 Å². The zero-order valence-corrected chi connectivity index (χ0v) is 12.6. The summed E-state index contributed by atoms with van der Waals surface area (Å²) >= 11 is 0. The third-order valence-electron chi connectivity index (χ3n) is 3.69. The van der Waals surface area contributed by atoms with Gasteiger partial charge in [0.1, 0.15) is 11.5 Å². The van der Waals surface area contributed by atoms with E-state index in [4.69, 9.17) is 15.0 Å². The van der Waals surface area contributed by atoms with Crippen LogP contribution in [0.25, 0.3) is 11.1 Å². The Balaban J connectivity index is 1.78. The highest BCUT2D eigenvalue weighted by Crippen LogP contribution is 2.38. The first-order chi connectivity index (χ1) is 10.1. The van der Waals surface area contributed by atoms with Crippen LogP contribution in [-0.2, 0) is 6.42 Å². The largest absolute Gasteiger partial charge is 0.493 e. The van der Waals surface area contributed by atoms with Crippen molar-refractivity contribution in [1.82, 2.24) is 5.16 Å². The molecule has 1 aliphatic rings. The van der Waals surface area contributed by atoms with Crippen LogP contribution in [0.1, 0.15) is 32.4 Å². The lowest BCUT2D eigenvalue weighted by Gasteiger charge is -2.09. The van der Waals surface area contributed by atoms with E-state index >= 15 is 0 Å². The SMILES string of the molecule is CC(C)COc1ccc(-c2c(N)noc2CC2CC2)cc1. The van der Waals surface area contributed by atoms with Gasteiger partial charge in [0.15, 0.2) is 5.82 Å². The Morgan fingerprint density at radius 3 is 2.62 bits per heavy atom. The summed E-state index contributed by atoms with van der Waals surface area (Å²) in [5.41, 5.74) is 7.95. The Kier molecular flexibility index (Phi) is 3.86. The Morgan fingerprint density at radius 1 is 1.29 bits per heavy atom. The van der Waals surface area contributed by atoms with Gasteiger partial charge in [0.2, 0.25) is 0 Å². The maximum Gasteiger partial charge on any atom is 0.175 e. The van der Waals surface area contributed by atoms with Crippen molar-refractivity contribution in [1.29, 1.82) is 0 Å². The van der Waals surface area contributed by atoms with Gasteiger partial charge in [-0.15, -0.1) is 0 Å². The highest BCUT2D eigenvalue weighted by Gasteiger charge is 2.26. The summed E-state index contributed by atoms with van der Waals surface area (Å²) in [6.07, 6.45) is 3.50. The standard InChI is InChI=1S/C17H22N2O2/c1-11(2)10-20-14-7-5-13(6-8-14)16-15(9-12-3-4-12)21-19-17(16)18/h5-8,11-12H,3-4,9-10H2,1-2H3,(H2,18,19). The molecule has 2 N–H and O–H groups in total. The molecule has 0 saturated heterocycles. The zero-order valence-electron chi connectivity index (χ0n) is 12.6. The molecule has 21 heavy (non-hydrogen) atoms. The van der Waals surface area contributed by atoms with Crippen molar-refractivity contribution in [2.75, 3.05) is 12.3 Å². The van der Waals surface area contributed by atoms with Crippen molar-refractivity contribution < 1.29 is 9.26 Å². The number of anilines is 1. The van der Waals surface area contributed by atoms with E-state index in [9.17, 15) is 0 Å². The molecule has 1 aromatic heterocycles. The van der Waals surface area contributed by atoms with Gasteiger partial charge in [0.25, 0.3) is 0 Å². The van der Waals surface area contributed by atoms with E-state index < -0.39 is 0 Å². The summed E-state index contributed by atoms with van der Waals surface area (Å²) in [5, 5.41) is 3.93. The molecule has 4 heteroatoms. The van der Waals surface area contributed by atoms with E-state index in [-0.39, 0.29) is 0 Å². The van der Waals surface area contributed by atoms with Gasteiger partial charge in [-0.05, 0) is 42.4 Å². The van der Waals surface area contributed by atoms with Crippen LogP contribution >= 0.6 is 0 Å². The zero-order chi connectivity index (χ0) is 14.8. The smallest absolute Gasteiger partial charge is 0.175 e. The van der Waals surface area contributed by atoms with Crippen LogP contribution in [0.4, 0.5) is 5.82 Å². The summed E-state index contributed by atoms with van der Waals surface area (Å²) in [4.78, 5) is 0. The van der Waals surface area contributed by atoms with E-state index in [2.05, 4.69) is 19.0 Å². The Morgan fingerprint density at radius 2 is 2.00 bits per heavy atom. The molecule has 0 bridgehead atoms. The average molecular weight is 286 g/mol. The molecule has 0 atom stereocenters. The molecule has 1 saturated carbocycles. The van der Waals surface area contributed by atoms with Gasteiger partial charge >= 0.3 is 0 Å². The quantitative estimate of drug-likeness (QED) is 0.874. The van der Waals surface area contributed by atoms with E-state index in [0.717, 1.165) is 41.6 Å². The van der Waals surface area contributed by atoms with Crippen LogP contribution in [0, 0.1) is 11.8 Å². The predicted octanol–water partition coefficient (Wildman–Crippen LogP) is 3.91. The molecule has 112 valence electrons. The number of nitrogen functional groups attached to an aromatic ring is 1. The van der Waals surface area contributed by atoms with E-state index in [1.54, 1.807) is 0 Å². The number of nitrogens with two attached hydrogens (primary N) is 1. The Labute approximate surface area is 125 Å². The number of hydrogen-bond donors (Lipinski definition) is 1. The van der Waals surface area contributed by atoms with Gasteiger partial charge in [0, 0.05) is 6.42 Å². The molecule has 1 aliphatic carbocycles. The van der Waals surface area contributed by atoms with Crippen LogP contribution in [0.5, 0.6) is 5.75 Å². The minimum atomic E-state index is 0.474. The third kappa shape index (κ3) is 3.38. The summed E-state index contributed by atoms with van der Waals surface area (Å²) in [6.45, 7) is 4.99. The van der Waals surface area contributed by atoms with Gasteiger partial charge in [-0.1, -0.05) is 31.1 Å². The maximum atomic E-state index is 5.97. The second-order valence-corrected chi connectivity index (χ2v) is 6.24. The Bertz CT molecular complexity index is 598. The summed E-state index contributed by atoms with van der Waals surface area (Å²) < 4.78 is 11.1. The van der Waals surface area contributed by atoms with Crippen LogP contribution in [0.15, 0.2) is 28.8 Å². The van der Waals surface area contributed by atoms with Crippen LogP contribution in [-0.4, -0.2) is 11.8 Å². The minimum Gasteiger partial charge on any atom is -0.493 e. The van der Waals surface area contributed by atoms with Crippen molar-refractivity contribution in [2.45, 2.75) is 33.1 Å². The summed E-state index contributed by atoms with van der Waals surface area (Å²) in [6, 6.07) is 8.00. The minimum absolute atomic E-state index is 0.474. The van der Waals surface area contributed by atoms with Crippen LogP contribution in [0.3, 0.4) is 0 Å². The number of benzene rings is 1. The first-order valence-electron chi connectivity index (χ1n) is 7.60. The number of rotatable bonds is 6. The fourth-order valence-corrected chi connectivity index (χ4v) is 2.35. The molecule has 0 radical (unpaired) electrons. The van der Waals surface area contributed by atoms with Crippen molar-refractivity contribution in [3.8, 4) is 16.9 Å². The van der Waals surface area contributed by atoms with Crippen molar-refractivity contribution in [3.63, 3.8) is 0 Å².